The van der Waals surface area contributed by atoms with Crippen molar-refractivity contribution in [1.29, 1.82) is 0 Å². The summed E-state index contributed by atoms with van der Waals surface area (Å²) in [5, 5.41) is 0.270. The predicted molar refractivity (Wildman–Crippen MR) is 58.2 cm³/mol. The largest absolute Gasteiger partial charge is 0.522 e. The van der Waals surface area contributed by atoms with Gasteiger partial charge >= 0.3 is 12.3 Å². The van der Waals surface area contributed by atoms with E-state index < -0.39 is 25.5 Å². The molecular formula is C10H9ClF3NO3. The fraction of sp³-hybridized carbons (Fsp3) is 0.300. The van der Waals surface area contributed by atoms with E-state index in [0.717, 1.165) is 0 Å². The highest BCUT2D eigenvalue weighted by molar-refractivity contribution is 6.33. The fourth-order valence-corrected chi connectivity index (χ4v) is 1.16. The lowest BCUT2D eigenvalue weighted by molar-refractivity contribution is -0.326. The van der Waals surface area contributed by atoms with Gasteiger partial charge in [-0.3, -0.25) is 4.74 Å². The lowest BCUT2D eigenvalue weighted by Gasteiger charge is -2.08. The third kappa shape index (κ3) is 4.80. The SMILES string of the molecule is Nc1cc(C(=O)OCCOC(F)(F)F)ccc1Cl. The van der Waals surface area contributed by atoms with Crippen molar-refractivity contribution in [2.24, 2.45) is 0 Å². The predicted octanol–water partition coefficient (Wildman–Crippen LogP) is 2.62. The van der Waals surface area contributed by atoms with Gasteiger partial charge in [0.05, 0.1) is 22.9 Å². The Hall–Kier alpha value is -1.47. The van der Waals surface area contributed by atoms with E-state index in [1.807, 2.05) is 0 Å². The first kappa shape index (κ1) is 14.6. The van der Waals surface area contributed by atoms with E-state index in [-0.39, 0.29) is 16.3 Å². The number of hydrogen-bond donors (Lipinski definition) is 1. The summed E-state index contributed by atoms with van der Waals surface area (Å²) in [6, 6.07) is 4.01. The first-order chi connectivity index (χ1) is 8.29. The van der Waals surface area contributed by atoms with Crippen LogP contribution in [0.5, 0.6) is 0 Å². The lowest BCUT2D eigenvalue weighted by atomic mass is 10.2. The number of ether oxygens (including phenoxy) is 2. The van der Waals surface area contributed by atoms with E-state index in [2.05, 4.69) is 9.47 Å². The molecule has 0 aliphatic rings. The molecule has 0 spiro atoms. The van der Waals surface area contributed by atoms with Gasteiger partial charge in [-0.25, -0.2) is 4.79 Å². The van der Waals surface area contributed by atoms with Gasteiger partial charge in [-0.05, 0) is 18.2 Å². The highest BCUT2D eigenvalue weighted by atomic mass is 35.5. The van der Waals surface area contributed by atoms with Crippen LogP contribution < -0.4 is 5.73 Å². The van der Waals surface area contributed by atoms with E-state index >= 15 is 0 Å². The van der Waals surface area contributed by atoms with Gasteiger partial charge in [0.25, 0.3) is 0 Å². The average molecular weight is 284 g/mol. The summed E-state index contributed by atoms with van der Waals surface area (Å²) in [4.78, 5) is 11.4. The Labute approximate surface area is 105 Å². The molecule has 8 heteroatoms. The van der Waals surface area contributed by atoms with Gasteiger partial charge in [-0.15, -0.1) is 13.2 Å². The Balaban J connectivity index is 2.43. The molecule has 1 rings (SSSR count). The molecule has 2 N–H and O–H groups in total. The molecule has 0 unspecified atom stereocenters. The van der Waals surface area contributed by atoms with Crippen LogP contribution in [0.1, 0.15) is 10.4 Å². The van der Waals surface area contributed by atoms with Crippen molar-refractivity contribution in [3.8, 4) is 0 Å². The van der Waals surface area contributed by atoms with Crippen molar-refractivity contribution in [3.05, 3.63) is 28.8 Å². The maximum Gasteiger partial charge on any atom is 0.522 e. The number of halogens is 4. The monoisotopic (exact) mass is 283 g/mol. The number of esters is 1. The first-order valence-corrected chi connectivity index (χ1v) is 5.10. The molecule has 18 heavy (non-hydrogen) atoms. The number of carbonyl (C=O) groups excluding carboxylic acids is 1. The number of rotatable bonds is 4. The number of nitrogen functional groups attached to an aromatic ring is 1. The minimum Gasteiger partial charge on any atom is -0.460 e. The molecule has 0 radical (unpaired) electrons. The van der Waals surface area contributed by atoms with Gasteiger partial charge in [-0.2, -0.15) is 0 Å². The minimum atomic E-state index is -4.74. The summed E-state index contributed by atoms with van der Waals surface area (Å²) in [7, 11) is 0. The van der Waals surface area contributed by atoms with Crippen molar-refractivity contribution >= 4 is 23.3 Å². The molecule has 0 atom stereocenters. The second-order valence-electron chi connectivity index (χ2n) is 3.17. The van der Waals surface area contributed by atoms with Crippen LogP contribution in [0.2, 0.25) is 5.02 Å². The van der Waals surface area contributed by atoms with Crippen molar-refractivity contribution in [1.82, 2.24) is 0 Å². The zero-order chi connectivity index (χ0) is 13.8. The normalized spacial score (nSPS) is 11.3. The van der Waals surface area contributed by atoms with E-state index in [0.29, 0.717) is 0 Å². The van der Waals surface area contributed by atoms with Gasteiger partial charge in [0.15, 0.2) is 0 Å². The Morgan fingerprint density at radius 1 is 1.33 bits per heavy atom. The van der Waals surface area contributed by atoms with Crippen molar-refractivity contribution in [3.63, 3.8) is 0 Å². The van der Waals surface area contributed by atoms with Crippen LogP contribution in [-0.4, -0.2) is 25.5 Å². The minimum absolute atomic E-state index is 0.101. The topological polar surface area (TPSA) is 61.6 Å². The molecule has 0 amide bonds. The van der Waals surface area contributed by atoms with Crippen molar-refractivity contribution in [2.45, 2.75) is 6.36 Å². The summed E-state index contributed by atoms with van der Waals surface area (Å²) >= 11 is 5.64. The lowest BCUT2D eigenvalue weighted by Crippen LogP contribution is -2.18. The number of carbonyl (C=O) groups is 1. The molecule has 0 aliphatic carbocycles. The Morgan fingerprint density at radius 3 is 2.56 bits per heavy atom. The van der Waals surface area contributed by atoms with E-state index in [9.17, 15) is 18.0 Å². The van der Waals surface area contributed by atoms with Gasteiger partial charge in [0.2, 0.25) is 0 Å². The van der Waals surface area contributed by atoms with Crippen LogP contribution in [-0.2, 0) is 9.47 Å². The number of hydrogen-bond acceptors (Lipinski definition) is 4. The zero-order valence-corrected chi connectivity index (χ0v) is 9.72. The third-order valence-corrected chi connectivity index (χ3v) is 2.16. The van der Waals surface area contributed by atoms with Crippen LogP contribution >= 0.6 is 11.6 Å². The maximum absolute atomic E-state index is 11.6. The molecule has 0 saturated carbocycles. The standard InChI is InChI=1S/C10H9ClF3NO3/c11-7-2-1-6(5-8(7)15)9(16)17-3-4-18-10(12,13)14/h1-2,5H,3-4,15H2. The Morgan fingerprint density at radius 2 is 2.00 bits per heavy atom. The van der Waals surface area contributed by atoms with Crippen LogP contribution in [0.4, 0.5) is 18.9 Å². The van der Waals surface area contributed by atoms with E-state index in [1.165, 1.54) is 18.2 Å². The molecule has 0 fully saturated rings. The van der Waals surface area contributed by atoms with E-state index in [1.54, 1.807) is 0 Å². The summed E-state index contributed by atoms with van der Waals surface area (Å²) in [5.74, 6) is -0.802. The molecule has 0 aromatic heterocycles. The molecule has 0 heterocycles. The summed E-state index contributed by atoms with van der Waals surface area (Å²) in [5.41, 5.74) is 5.74. The Bertz CT molecular complexity index is 437. The Kier molecular flexibility index (Phi) is 4.80. The van der Waals surface area contributed by atoms with Crippen LogP contribution in [0.3, 0.4) is 0 Å². The summed E-state index contributed by atoms with van der Waals surface area (Å²) < 4.78 is 42.8. The zero-order valence-electron chi connectivity index (χ0n) is 8.96. The quantitative estimate of drug-likeness (QED) is 0.524. The molecule has 4 nitrogen and oxygen atoms in total. The fourth-order valence-electron chi connectivity index (χ4n) is 1.05. The van der Waals surface area contributed by atoms with Crippen LogP contribution in [0.15, 0.2) is 18.2 Å². The van der Waals surface area contributed by atoms with Crippen molar-refractivity contribution < 1.29 is 27.4 Å². The van der Waals surface area contributed by atoms with Crippen molar-refractivity contribution in [2.75, 3.05) is 18.9 Å². The smallest absolute Gasteiger partial charge is 0.460 e. The summed E-state index contributed by atoms with van der Waals surface area (Å²) in [6.07, 6.45) is -4.74. The molecule has 0 aliphatic heterocycles. The van der Waals surface area contributed by atoms with Crippen LogP contribution in [0.25, 0.3) is 0 Å². The number of benzene rings is 1. The highest BCUT2D eigenvalue weighted by Crippen LogP contribution is 2.20. The molecule has 1 aromatic carbocycles. The van der Waals surface area contributed by atoms with E-state index in [4.69, 9.17) is 17.3 Å². The second-order valence-corrected chi connectivity index (χ2v) is 3.57. The first-order valence-electron chi connectivity index (χ1n) is 4.72. The maximum atomic E-state index is 11.6. The van der Waals surface area contributed by atoms with Gasteiger partial charge in [0.1, 0.15) is 6.61 Å². The third-order valence-electron chi connectivity index (χ3n) is 1.81. The number of nitrogens with two attached hydrogens (primary N) is 1. The number of anilines is 1. The van der Waals surface area contributed by atoms with Gasteiger partial charge < -0.3 is 10.5 Å². The highest BCUT2D eigenvalue weighted by Gasteiger charge is 2.28. The second kappa shape index (κ2) is 5.92. The van der Waals surface area contributed by atoms with Gasteiger partial charge in [0, 0.05) is 0 Å². The van der Waals surface area contributed by atoms with Crippen LogP contribution in [0, 0.1) is 0 Å². The summed E-state index contributed by atoms with van der Waals surface area (Å²) in [6.45, 7) is -1.28. The molecule has 0 bridgehead atoms. The molecular weight excluding hydrogens is 275 g/mol. The average Bonchev–Trinajstić information content (AvgIpc) is 2.26. The molecule has 100 valence electrons. The number of alkyl halides is 3. The molecule has 1 aromatic rings. The van der Waals surface area contributed by atoms with Gasteiger partial charge in [-0.1, -0.05) is 11.6 Å². The molecule has 0 saturated heterocycles.